The molecule has 8 nitrogen and oxygen atoms in total. The summed E-state index contributed by atoms with van der Waals surface area (Å²) < 4.78 is 5.97. The van der Waals surface area contributed by atoms with Crippen LogP contribution in [0.4, 0.5) is 4.79 Å². The quantitative estimate of drug-likeness (QED) is 0.352. The molecule has 2 atom stereocenters. The maximum absolute atomic E-state index is 12.1. The Morgan fingerprint density at radius 3 is 2.40 bits per heavy atom. The maximum atomic E-state index is 12.1. The monoisotopic (exact) mass is 526 g/mol. The minimum Gasteiger partial charge on any atom is -0.480 e. The highest BCUT2D eigenvalue weighted by molar-refractivity contribution is 14.1. The first-order valence-electron chi connectivity index (χ1n) is 9.22. The summed E-state index contributed by atoms with van der Waals surface area (Å²) in [7, 11) is 0. The van der Waals surface area contributed by atoms with Gasteiger partial charge in [0.15, 0.2) is 0 Å². The van der Waals surface area contributed by atoms with Gasteiger partial charge in [-0.05, 0) is 45.9 Å². The smallest absolute Gasteiger partial charge is 0.407 e. The molecule has 0 bridgehead atoms. The Balaban J connectivity index is 1.73. The first-order valence-corrected chi connectivity index (χ1v) is 10.3. The molecule has 0 saturated heterocycles. The van der Waals surface area contributed by atoms with Gasteiger partial charge in [0.1, 0.15) is 12.6 Å². The third kappa shape index (κ3) is 8.78. The van der Waals surface area contributed by atoms with Crippen molar-refractivity contribution < 1.29 is 29.3 Å². The summed E-state index contributed by atoms with van der Waals surface area (Å²) in [6, 6.07) is 15.3. The molecule has 30 heavy (non-hydrogen) atoms. The standard InChI is InChI=1S/C21H23IN2O6/c22-16-8-4-7-15(9-16)10-18(20(27)28)24-19(26)11-17(25)12-23-21(29)30-13-14-5-2-1-3-6-14/h1-9,17-18,25H,10-13H2,(H,23,29)(H,24,26)(H,27,28)/t17-,18+/m0/s1. The molecule has 0 fully saturated rings. The van der Waals surface area contributed by atoms with Crippen LogP contribution in [0.3, 0.4) is 0 Å². The van der Waals surface area contributed by atoms with Gasteiger partial charge in [0, 0.05) is 16.5 Å². The SMILES string of the molecule is O=C(C[C@H](O)CNC(=O)OCc1ccccc1)N[C@H](Cc1cccc(I)c1)C(=O)O. The van der Waals surface area contributed by atoms with Crippen LogP contribution in [0.5, 0.6) is 0 Å². The fraction of sp³-hybridized carbons (Fsp3) is 0.286. The van der Waals surface area contributed by atoms with Crippen LogP contribution in [0.1, 0.15) is 17.5 Å². The number of hydrogen-bond acceptors (Lipinski definition) is 5. The molecule has 0 heterocycles. The fourth-order valence-corrected chi connectivity index (χ4v) is 3.22. The number of aliphatic carboxylic acids is 1. The number of benzene rings is 2. The Morgan fingerprint density at radius 2 is 1.73 bits per heavy atom. The molecule has 160 valence electrons. The Morgan fingerprint density at radius 1 is 1.03 bits per heavy atom. The van der Waals surface area contributed by atoms with Crippen molar-refractivity contribution in [1.29, 1.82) is 0 Å². The number of amides is 2. The largest absolute Gasteiger partial charge is 0.480 e. The lowest BCUT2D eigenvalue weighted by atomic mass is 10.1. The van der Waals surface area contributed by atoms with E-state index in [2.05, 4.69) is 33.2 Å². The number of halogens is 1. The van der Waals surface area contributed by atoms with E-state index in [0.29, 0.717) is 0 Å². The molecule has 4 N–H and O–H groups in total. The van der Waals surface area contributed by atoms with E-state index in [0.717, 1.165) is 14.7 Å². The number of alkyl carbamates (subject to hydrolysis) is 1. The number of ether oxygens (including phenoxy) is 1. The third-order valence-electron chi connectivity index (χ3n) is 4.08. The minimum absolute atomic E-state index is 0.0853. The molecule has 0 aliphatic heterocycles. The Hall–Kier alpha value is -2.66. The molecular formula is C21H23IN2O6. The number of carboxylic acid groups (broad SMARTS) is 1. The highest BCUT2D eigenvalue weighted by Crippen LogP contribution is 2.10. The van der Waals surface area contributed by atoms with Crippen LogP contribution in [-0.2, 0) is 27.4 Å². The molecule has 2 aromatic carbocycles. The van der Waals surface area contributed by atoms with Gasteiger partial charge in [0.05, 0.1) is 12.5 Å². The summed E-state index contributed by atoms with van der Waals surface area (Å²) >= 11 is 2.12. The van der Waals surface area contributed by atoms with Crippen molar-refractivity contribution in [3.05, 3.63) is 69.3 Å². The van der Waals surface area contributed by atoms with E-state index >= 15 is 0 Å². The Kier molecular flexibility index (Phi) is 9.55. The second kappa shape index (κ2) is 12.1. The average molecular weight is 526 g/mol. The number of aliphatic hydroxyl groups is 1. The van der Waals surface area contributed by atoms with Crippen LogP contribution >= 0.6 is 22.6 Å². The van der Waals surface area contributed by atoms with Crippen molar-refractivity contribution in [2.75, 3.05) is 6.54 Å². The predicted octanol–water partition coefficient (Wildman–Crippen LogP) is 2.08. The van der Waals surface area contributed by atoms with E-state index < -0.39 is 30.1 Å². The second-order valence-electron chi connectivity index (χ2n) is 6.59. The lowest BCUT2D eigenvalue weighted by Gasteiger charge is -2.17. The minimum atomic E-state index is -1.18. The summed E-state index contributed by atoms with van der Waals surface area (Å²) in [5.74, 6) is -1.79. The molecule has 0 radical (unpaired) electrons. The highest BCUT2D eigenvalue weighted by Gasteiger charge is 2.22. The summed E-state index contributed by atoms with van der Waals surface area (Å²) in [6.45, 7) is -0.113. The van der Waals surface area contributed by atoms with Crippen LogP contribution in [0.2, 0.25) is 0 Å². The topological polar surface area (TPSA) is 125 Å². The van der Waals surface area contributed by atoms with Crippen LogP contribution in [0.25, 0.3) is 0 Å². The third-order valence-corrected chi connectivity index (χ3v) is 4.75. The number of aliphatic hydroxyl groups excluding tert-OH is 1. The van der Waals surface area contributed by atoms with Crippen molar-refractivity contribution >= 4 is 40.6 Å². The number of hydrogen-bond donors (Lipinski definition) is 4. The number of carbonyl (C=O) groups is 3. The van der Waals surface area contributed by atoms with E-state index in [1.807, 2.05) is 48.5 Å². The van der Waals surface area contributed by atoms with Crippen LogP contribution in [0, 0.1) is 3.57 Å². The predicted molar refractivity (Wildman–Crippen MR) is 118 cm³/mol. The Labute approximate surface area is 187 Å². The van der Waals surface area contributed by atoms with Crippen LogP contribution in [0.15, 0.2) is 54.6 Å². The van der Waals surface area contributed by atoms with E-state index in [-0.39, 0.29) is 26.0 Å². The first kappa shape index (κ1) is 23.6. The number of carbonyl (C=O) groups excluding carboxylic acids is 2. The lowest BCUT2D eigenvalue weighted by molar-refractivity contribution is -0.142. The van der Waals surface area contributed by atoms with Gasteiger partial charge in [0.25, 0.3) is 0 Å². The summed E-state index contributed by atoms with van der Waals surface area (Å²) in [5, 5.41) is 24.1. The maximum Gasteiger partial charge on any atom is 0.407 e. The molecule has 2 aromatic rings. The molecule has 0 aliphatic rings. The van der Waals surface area contributed by atoms with Gasteiger partial charge in [-0.1, -0.05) is 42.5 Å². The van der Waals surface area contributed by atoms with Crippen molar-refractivity contribution in [2.24, 2.45) is 0 Å². The first-order chi connectivity index (χ1) is 14.3. The van der Waals surface area contributed by atoms with E-state index in [4.69, 9.17) is 4.74 Å². The number of rotatable bonds is 10. The van der Waals surface area contributed by atoms with Crippen LogP contribution in [-0.4, -0.2) is 46.9 Å². The molecule has 2 amide bonds. The lowest BCUT2D eigenvalue weighted by Crippen LogP contribution is -2.44. The van der Waals surface area contributed by atoms with Gasteiger partial charge in [-0.25, -0.2) is 9.59 Å². The van der Waals surface area contributed by atoms with E-state index in [1.165, 1.54) is 0 Å². The van der Waals surface area contributed by atoms with Gasteiger partial charge >= 0.3 is 12.1 Å². The molecule has 9 heteroatoms. The zero-order chi connectivity index (χ0) is 21.9. The molecule has 0 spiro atoms. The van der Waals surface area contributed by atoms with Gasteiger partial charge in [0.2, 0.25) is 5.91 Å². The molecule has 0 aromatic heterocycles. The van der Waals surface area contributed by atoms with E-state index in [9.17, 15) is 24.6 Å². The Bertz CT molecular complexity index is 862. The van der Waals surface area contributed by atoms with Crippen molar-refractivity contribution in [3.63, 3.8) is 0 Å². The summed E-state index contributed by atoms with van der Waals surface area (Å²) in [6.07, 6.45) is -2.13. The zero-order valence-electron chi connectivity index (χ0n) is 16.1. The molecule has 0 saturated carbocycles. The van der Waals surface area contributed by atoms with Gasteiger partial charge < -0.3 is 25.6 Å². The highest BCUT2D eigenvalue weighted by atomic mass is 127. The van der Waals surface area contributed by atoms with E-state index in [1.54, 1.807) is 6.07 Å². The average Bonchev–Trinajstić information content (AvgIpc) is 2.71. The molecular weight excluding hydrogens is 503 g/mol. The van der Waals surface area contributed by atoms with Gasteiger partial charge in [-0.15, -0.1) is 0 Å². The van der Waals surface area contributed by atoms with Gasteiger partial charge in [-0.2, -0.15) is 0 Å². The van der Waals surface area contributed by atoms with Crippen LogP contribution < -0.4 is 10.6 Å². The molecule has 0 aliphatic carbocycles. The summed E-state index contributed by atoms with van der Waals surface area (Å²) in [4.78, 5) is 35.2. The molecule has 0 unspecified atom stereocenters. The number of carboxylic acids is 1. The molecule has 2 rings (SSSR count). The van der Waals surface area contributed by atoms with Crippen molar-refractivity contribution in [3.8, 4) is 0 Å². The zero-order valence-corrected chi connectivity index (χ0v) is 18.2. The van der Waals surface area contributed by atoms with Crippen molar-refractivity contribution in [2.45, 2.75) is 31.6 Å². The second-order valence-corrected chi connectivity index (χ2v) is 7.84. The van der Waals surface area contributed by atoms with Crippen molar-refractivity contribution in [1.82, 2.24) is 10.6 Å². The number of nitrogens with one attached hydrogen (secondary N) is 2. The van der Waals surface area contributed by atoms with Gasteiger partial charge in [-0.3, -0.25) is 4.79 Å². The fourth-order valence-electron chi connectivity index (χ4n) is 2.61. The summed E-state index contributed by atoms with van der Waals surface area (Å²) in [5.41, 5.74) is 1.60. The normalized spacial score (nSPS) is 12.5.